The van der Waals surface area contributed by atoms with E-state index in [-0.39, 0.29) is 5.75 Å². The Morgan fingerprint density at radius 3 is 2.00 bits per heavy atom. The van der Waals surface area contributed by atoms with Crippen LogP contribution in [0.5, 0.6) is 0 Å². The van der Waals surface area contributed by atoms with Crippen LogP contribution in [0.15, 0.2) is 18.2 Å². The van der Waals surface area contributed by atoms with Gasteiger partial charge in [0, 0.05) is 18.8 Å². The third-order valence-corrected chi connectivity index (χ3v) is 4.24. The van der Waals surface area contributed by atoms with E-state index < -0.39 is 10.1 Å². The first-order valence-corrected chi connectivity index (χ1v) is 8.83. The Hall–Kier alpha value is -1.07. The molecule has 1 aromatic carbocycles. The van der Waals surface area contributed by atoms with E-state index in [0.717, 1.165) is 25.1 Å². The lowest BCUT2D eigenvalue weighted by atomic mass is 10.0. The lowest BCUT2D eigenvalue weighted by Crippen LogP contribution is -2.25. The van der Waals surface area contributed by atoms with Gasteiger partial charge in [0.15, 0.2) is 0 Å². The number of nitrogens with zero attached hydrogens (tertiary/aromatic N) is 1. The maximum absolute atomic E-state index is 10.8. The first-order chi connectivity index (χ1) is 9.39. The fourth-order valence-electron chi connectivity index (χ4n) is 2.24. The Balaban J connectivity index is 2.83. The van der Waals surface area contributed by atoms with Crippen LogP contribution in [-0.4, -0.2) is 31.8 Å². The predicted molar refractivity (Wildman–Crippen MR) is 84.1 cm³/mol. The van der Waals surface area contributed by atoms with Gasteiger partial charge < -0.3 is 4.90 Å². The third kappa shape index (κ3) is 5.51. The highest BCUT2D eigenvalue weighted by Crippen LogP contribution is 2.20. The van der Waals surface area contributed by atoms with Crippen LogP contribution in [0.2, 0.25) is 0 Å². The quantitative estimate of drug-likeness (QED) is 0.750. The summed E-state index contributed by atoms with van der Waals surface area (Å²) >= 11 is 0. The number of anilines is 1. The minimum Gasteiger partial charge on any atom is -0.372 e. The Labute approximate surface area is 122 Å². The zero-order valence-corrected chi connectivity index (χ0v) is 13.4. The highest BCUT2D eigenvalue weighted by atomic mass is 32.2. The molecule has 20 heavy (non-hydrogen) atoms. The molecule has 1 aromatic rings. The minimum absolute atomic E-state index is 0.183. The van der Waals surface area contributed by atoms with Crippen LogP contribution >= 0.6 is 0 Å². The maximum atomic E-state index is 10.8. The third-order valence-electron chi connectivity index (χ3n) is 3.43. The van der Waals surface area contributed by atoms with E-state index in [4.69, 9.17) is 4.55 Å². The molecule has 0 bridgehead atoms. The lowest BCUT2D eigenvalue weighted by molar-refractivity contribution is 0.481. The van der Waals surface area contributed by atoms with Gasteiger partial charge in [-0.15, -0.1) is 0 Å². The molecule has 0 aliphatic carbocycles. The summed E-state index contributed by atoms with van der Waals surface area (Å²) in [5.41, 5.74) is 3.74. The van der Waals surface area contributed by atoms with Crippen molar-refractivity contribution >= 4 is 15.8 Å². The average molecular weight is 299 g/mol. The van der Waals surface area contributed by atoms with Gasteiger partial charge in [0.05, 0.1) is 5.75 Å². The van der Waals surface area contributed by atoms with E-state index in [0.29, 0.717) is 13.0 Å². The van der Waals surface area contributed by atoms with Crippen molar-refractivity contribution in [2.24, 2.45) is 0 Å². The van der Waals surface area contributed by atoms with Crippen molar-refractivity contribution in [2.45, 2.75) is 40.0 Å². The molecular weight excluding hydrogens is 274 g/mol. The van der Waals surface area contributed by atoms with Gasteiger partial charge in [-0.25, -0.2) is 0 Å². The van der Waals surface area contributed by atoms with E-state index in [2.05, 4.69) is 43.9 Å². The fourth-order valence-corrected chi connectivity index (χ4v) is 2.74. The summed E-state index contributed by atoms with van der Waals surface area (Å²) in [6.07, 6.45) is 2.41. The van der Waals surface area contributed by atoms with Crippen LogP contribution in [0.3, 0.4) is 0 Å². The van der Waals surface area contributed by atoms with Crippen molar-refractivity contribution in [1.82, 2.24) is 0 Å². The molecule has 114 valence electrons. The molecule has 0 aliphatic rings. The van der Waals surface area contributed by atoms with Gasteiger partial charge in [-0.05, 0) is 49.4 Å². The second-order valence-electron chi connectivity index (χ2n) is 4.93. The molecule has 0 spiro atoms. The molecule has 0 fully saturated rings. The summed E-state index contributed by atoms with van der Waals surface area (Å²) in [7, 11) is -3.86. The maximum Gasteiger partial charge on any atom is 0.264 e. The molecule has 5 heteroatoms. The molecule has 0 aliphatic heterocycles. The van der Waals surface area contributed by atoms with Crippen LogP contribution in [-0.2, 0) is 23.0 Å². The van der Waals surface area contributed by atoms with E-state index in [1.165, 1.54) is 11.1 Å². The summed E-state index contributed by atoms with van der Waals surface area (Å²) in [5, 5.41) is 0. The normalized spacial score (nSPS) is 11.6. The van der Waals surface area contributed by atoms with Crippen LogP contribution < -0.4 is 4.90 Å². The minimum atomic E-state index is -3.86. The van der Waals surface area contributed by atoms with Crippen molar-refractivity contribution < 1.29 is 13.0 Å². The Bertz CT molecular complexity index is 504. The summed E-state index contributed by atoms with van der Waals surface area (Å²) in [4.78, 5) is 2.16. The molecule has 0 heterocycles. The van der Waals surface area contributed by atoms with Crippen molar-refractivity contribution in [2.75, 3.05) is 23.7 Å². The fraction of sp³-hybridized carbons (Fsp3) is 0.600. The largest absolute Gasteiger partial charge is 0.372 e. The number of aryl methyl sites for hydroxylation is 2. The van der Waals surface area contributed by atoms with E-state index in [1.807, 2.05) is 0 Å². The molecule has 1 rings (SSSR count). The van der Waals surface area contributed by atoms with E-state index >= 15 is 0 Å². The second-order valence-corrected chi connectivity index (χ2v) is 6.51. The molecule has 0 atom stereocenters. The molecule has 0 unspecified atom stereocenters. The number of rotatable bonds is 8. The van der Waals surface area contributed by atoms with Crippen LogP contribution in [0.4, 0.5) is 5.69 Å². The van der Waals surface area contributed by atoms with Crippen molar-refractivity contribution in [1.29, 1.82) is 0 Å². The van der Waals surface area contributed by atoms with Crippen molar-refractivity contribution in [3.8, 4) is 0 Å². The summed E-state index contributed by atoms with van der Waals surface area (Å²) < 4.78 is 30.3. The van der Waals surface area contributed by atoms with Gasteiger partial charge in [-0.2, -0.15) is 8.42 Å². The van der Waals surface area contributed by atoms with Gasteiger partial charge in [0.1, 0.15) is 0 Å². The first kappa shape index (κ1) is 17.0. The highest BCUT2D eigenvalue weighted by Gasteiger charge is 2.09. The van der Waals surface area contributed by atoms with Crippen molar-refractivity contribution in [3.05, 3.63) is 29.3 Å². The molecule has 0 radical (unpaired) electrons. The highest BCUT2D eigenvalue weighted by molar-refractivity contribution is 7.85. The monoisotopic (exact) mass is 299 g/mol. The van der Waals surface area contributed by atoms with E-state index in [9.17, 15) is 8.42 Å². The van der Waals surface area contributed by atoms with Gasteiger partial charge in [-0.1, -0.05) is 19.9 Å². The Morgan fingerprint density at radius 1 is 1.05 bits per heavy atom. The first-order valence-electron chi connectivity index (χ1n) is 7.22. The van der Waals surface area contributed by atoms with Crippen molar-refractivity contribution in [3.63, 3.8) is 0 Å². The van der Waals surface area contributed by atoms with Crippen LogP contribution in [0.25, 0.3) is 0 Å². The number of benzene rings is 1. The standard InChI is InChI=1S/C15H25NO3S/c1-4-13-10-14(5-2)12-15(11-13)16(6-3)8-7-9-20(17,18)19/h10-12H,4-9H2,1-3H3,(H,17,18,19). The summed E-state index contributed by atoms with van der Waals surface area (Å²) in [6.45, 7) is 7.77. The lowest BCUT2D eigenvalue weighted by Gasteiger charge is -2.24. The zero-order valence-electron chi connectivity index (χ0n) is 12.6. The zero-order chi connectivity index (χ0) is 15.2. The second kappa shape index (κ2) is 7.64. The molecule has 4 nitrogen and oxygen atoms in total. The average Bonchev–Trinajstić information content (AvgIpc) is 2.41. The molecule has 1 N–H and O–H groups in total. The summed E-state index contributed by atoms with van der Waals surface area (Å²) in [5.74, 6) is -0.183. The Morgan fingerprint density at radius 2 is 1.60 bits per heavy atom. The Kier molecular flexibility index (Phi) is 6.49. The van der Waals surface area contributed by atoms with Gasteiger partial charge in [0.25, 0.3) is 10.1 Å². The van der Waals surface area contributed by atoms with Gasteiger partial charge in [0.2, 0.25) is 0 Å². The molecule has 0 aromatic heterocycles. The van der Waals surface area contributed by atoms with Crippen LogP contribution in [0.1, 0.15) is 38.3 Å². The number of hydrogen-bond acceptors (Lipinski definition) is 3. The molecule has 0 saturated carbocycles. The molecule has 0 amide bonds. The van der Waals surface area contributed by atoms with Gasteiger partial charge in [-0.3, -0.25) is 4.55 Å². The molecule has 0 saturated heterocycles. The topological polar surface area (TPSA) is 57.6 Å². The SMILES string of the molecule is CCc1cc(CC)cc(N(CC)CCCS(=O)(=O)O)c1. The van der Waals surface area contributed by atoms with E-state index in [1.54, 1.807) is 0 Å². The van der Waals surface area contributed by atoms with Gasteiger partial charge >= 0.3 is 0 Å². The predicted octanol–water partition coefficient (Wildman–Crippen LogP) is 2.92. The molecular formula is C15H25NO3S. The van der Waals surface area contributed by atoms with Crippen LogP contribution in [0, 0.1) is 0 Å². The smallest absolute Gasteiger partial charge is 0.264 e. The number of hydrogen-bond donors (Lipinski definition) is 1. The summed E-state index contributed by atoms with van der Waals surface area (Å²) in [6, 6.07) is 6.54.